The Morgan fingerprint density at radius 3 is 3.13 bits per heavy atom. The van der Waals surface area contributed by atoms with Gasteiger partial charge in [0.1, 0.15) is 11.5 Å². The second-order valence-corrected chi connectivity index (χ2v) is 4.43. The normalized spacial score (nSPS) is 46.3. The zero-order valence-electron chi connectivity index (χ0n) is 8.21. The summed E-state index contributed by atoms with van der Waals surface area (Å²) in [4.78, 5) is 24.5. The smallest absolute Gasteiger partial charge is 0.310 e. The van der Waals surface area contributed by atoms with Gasteiger partial charge in [-0.3, -0.25) is 9.59 Å². The fourth-order valence-electron chi connectivity index (χ4n) is 2.97. The molecule has 2 saturated heterocycles. The molecule has 5 heteroatoms. The van der Waals surface area contributed by atoms with Crippen LogP contribution in [0.25, 0.3) is 0 Å². The predicted molar refractivity (Wildman–Crippen MR) is 49.0 cm³/mol. The van der Waals surface area contributed by atoms with Gasteiger partial charge in [0.2, 0.25) is 5.91 Å². The Kier molecular flexibility index (Phi) is 1.43. The molecule has 4 atom stereocenters. The van der Waals surface area contributed by atoms with Crippen LogP contribution < -0.4 is 0 Å². The first-order chi connectivity index (χ1) is 7.05. The number of carbonyl (C=O) groups is 2. The summed E-state index contributed by atoms with van der Waals surface area (Å²) < 4.78 is 5.64. The zero-order valence-corrected chi connectivity index (χ0v) is 8.21. The number of rotatable bonds is 1. The summed E-state index contributed by atoms with van der Waals surface area (Å²) in [7, 11) is 1.68. The van der Waals surface area contributed by atoms with E-state index in [-0.39, 0.29) is 5.91 Å². The van der Waals surface area contributed by atoms with Crippen LogP contribution in [0.1, 0.15) is 0 Å². The van der Waals surface area contributed by atoms with Crippen molar-refractivity contribution >= 4 is 11.9 Å². The second-order valence-electron chi connectivity index (χ2n) is 4.43. The minimum atomic E-state index is -0.945. The first-order valence-corrected chi connectivity index (χ1v) is 4.90. The van der Waals surface area contributed by atoms with Crippen LogP contribution >= 0.6 is 0 Å². The number of nitrogens with zero attached hydrogens (tertiary/aromatic N) is 1. The molecule has 0 aromatic carbocycles. The van der Waals surface area contributed by atoms with Gasteiger partial charge in [-0.1, -0.05) is 12.2 Å². The molecule has 1 amide bonds. The van der Waals surface area contributed by atoms with Gasteiger partial charge in [0.05, 0.1) is 18.6 Å². The lowest BCUT2D eigenvalue weighted by Gasteiger charge is -2.21. The van der Waals surface area contributed by atoms with Crippen molar-refractivity contribution in [3.05, 3.63) is 12.2 Å². The summed E-state index contributed by atoms with van der Waals surface area (Å²) in [6.07, 6.45) is 3.19. The molecule has 2 fully saturated rings. The lowest BCUT2D eigenvalue weighted by molar-refractivity contribution is -0.147. The molecule has 15 heavy (non-hydrogen) atoms. The molecule has 5 nitrogen and oxygen atoms in total. The van der Waals surface area contributed by atoms with Crippen molar-refractivity contribution in [2.45, 2.75) is 11.7 Å². The Balaban J connectivity index is 2.08. The molecule has 3 heterocycles. The minimum absolute atomic E-state index is 0.116. The Bertz CT molecular complexity index is 391. The number of hydrogen-bond acceptors (Lipinski definition) is 3. The van der Waals surface area contributed by atoms with E-state index in [2.05, 4.69) is 0 Å². The molecule has 0 aliphatic carbocycles. The van der Waals surface area contributed by atoms with Crippen LogP contribution in [-0.2, 0) is 14.3 Å². The highest BCUT2D eigenvalue weighted by molar-refractivity contribution is 5.90. The van der Waals surface area contributed by atoms with Gasteiger partial charge in [-0.15, -0.1) is 0 Å². The van der Waals surface area contributed by atoms with Crippen LogP contribution in [0.5, 0.6) is 0 Å². The molecule has 3 rings (SSSR count). The van der Waals surface area contributed by atoms with E-state index in [1.807, 2.05) is 6.08 Å². The third-order valence-corrected chi connectivity index (χ3v) is 3.57. The molecule has 1 spiro atoms. The van der Waals surface area contributed by atoms with E-state index in [4.69, 9.17) is 9.84 Å². The second kappa shape index (κ2) is 2.41. The quantitative estimate of drug-likeness (QED) is 0.590. The molecule has 0 aromatic rings. The summed E-state index contributed by atoms with van der Waals surface area (Å²) in [5.41, 5.74) is -0.667. The van der Waals surface area contributed by atoms with Crippen molar-refractivity contribution in [3.8, 4) is 0 Å². The number of likely N-dealkylation sites (N-methyl/N-ethyl adjacent to an activating group) is 1. The van der Waals surface area contributed by atoms with Gasteiger partial charge >= 0.3 is 5.97 Å². The van der Waals surface area contributed by atoms with E-state index in [1.54, 1.807) is 18.0 Å². The van der Waals surface area contributed by atoms with E-state index < -0.39 is 29.5 Å². The van der Waals surface area contributed by atoms with Gasteiger partial charge in [0, 0.05) is 7.05 Å². The number of likely N-dealkylation sites (tertiary alicyclic amines) is 1. The number of carboxylic acids is 1. The maximum Gasteiger partial charge on any atom is 0.310 e. The van der Waals surface area contributed by atoms with E-state index in [1.165, 1.54) is 0 Å². The fourth-order valence-corrected chi connectivity index (χ4v) is 2.97. The Labute approximate surface area is 86.3 Å². The van der Waals surface area contributed by atoms with E-state index in [0.717, 1.165) is 0 Å². The minimum Gasteiger partial charge on any atom is -0.481 e. The molecule has 1 N–H and O–H groups in total. The number of hydrogen-bond donors (Lipinski definition) is 1. The van der Waals surface area contributed by atoms with Crippen LogP contribution in [-0.4, -0.2) is 47.2 Å². The van der Waals surface area contributed by atoms with Crippen LogP contribution in [0, 0.1) is 11.8 Å². The highest BCUT2D eigenvalue weighted by Gasteiger charge is 2.66. The van der Waals surface area contributed by atoms with Crippen molar-refractivity contribution < 1.29 is 19.4 Å². The van der Waals surface area contributed by atoms with Crippen molar-refractivity contribution in [2.75, 3.05) is 13.6 Å². The van der Waals surface area contributed by atoms with E-state index >= 15 is 0 Å². The van der Waals surface area contributed by atoms with Crippen molar-refractivity contribution in [3.63, 3.8) is 0 Å². The maximum absolute atomic E-state index is 11.8. The topological polar surface area (TPSA) is 66.8 Å². The largest absolute Gasteiger partial charge is 0.481 e. The lowest BCUT2D eigenvalue weighted by atomic mass is 9.77. The summed E-state index contributed by atoms with van der Waals surface area (Å²) in [6.45, 7) is 0.466. The molecular formula is C10H11NO4. The molecular weight excluding hydrogens is 198 g/mol. The first kappa shape index (κ1) is 8.91. The van der Waals surface area contributed by atoms with Crippen molar-refractivity contribution in [2.24, 2.45) is 11.8 Å². The van der Waals surface area contributed by atoms with Gasteiger partial charge in [-0.2, -0.15) is 0 Å². The van der Waals surface area contributed by atoms with E-state index in [0.29, 0.717) is 6.54 Å². The van der Waals surface area contributed by atoms with Crippen LogP contribution in [0.2, 0.25) is 0 Å². The number of amides is 1. The first-order valence-electron chi connectivity index (χ1n) is 4.90. The van der Waals surface area contributed by atoms with Crippen LogP contribution in [0.3, 0.4) is 0 Å². The average Bonchev–Trinajstić information content (AvgIpc) is 2.75. The molecule has 0 aromatic heterocycles. The van der Waals surface area contributed by atoms with Gasteiger partial charge in [0.15, 0.2) is 0 Å². The summed E-state index contributed by atoms with van der Waals surface area (Å²) in [5, 5.41) is 9.10. The van der Waals surface area contributed by atoms with E-state index in [9.17, 15) is 9.59 Å². The molecule has 0 unspecified atom stereocenters. The fraction of sp³-hybridized carbons (Fsp3) is 0.600. The predicted octanol–water partition coefficient (Wildman–Crippen LogP) is -0.517. The highest BCUT2D eigenvalue weighted by Crippen LogP contribution is 2.51. The third-order valence-electron chi connectivity index (χ3n) is 3.57. The molecule has 0 radical (unpaired) electrons. The lowest BCUT2D eigenvalue weighted by Crippen LogP contribution is -2.38. The van der Waals surface area contributed by atoms with Gasteiger partial charge in [-0.05, 0) is 0 Å². The summed E-state index contributed by atoms with van der Waals surface area (Å²) >= 11 is 0. The van der Waals surface area contributed by atoms with Gasteiger partial charge < -0.3 is 14.7 Å². The standard InChI is InChI=1S/C10H11NO4/c1-11-4-10-3-2-5(15-10)6(9(13)14)7(10)8(11)12/h2-3,5-7H,4H2,1H3,(H,13,14)/t5-,6+,7-,10+/m1/s1. The van der Waals surface area contributed by atoms with Crippen LogP contribution in [0.15, 0.2) is 12.2 Å². The molecule has 2 bridgehead atoms. The number of fused-ring (bicyclic) bond motifs is 1. The molecule has 0 saturated carbocycles. The molecule has 3 aliphatic rings. The number of aliphatic carboxylic acids is 1. The number of carbonyl (C=O) groups excluding carboxylic acids is 1. The van der Waals surface area contributed by atoms with Crippen molar-refractivity contribution in [1.82, 2.24) is 4.90 Å². The molecule has 80 valence electrons. The Hall–Kier alpha value is -1.36. The van der Waals surface area contributed by atoms with Gasteiger partial charge in [0.25, 0.3) is 0 Å². The Morgan fingerprint density at radius 1 is 1.73 bits per heavy atom. The van der Waals surface area contributed by atoms with Crippen LogP contribution in [0.4, 0.5) is 0 Å². The monoisotopic (exact) mass is 209 g/mol. The zero-order chi connectivity index (χ0) is 10.8. The summed E-state index contributed by atoms with van der Waals surface area (Å²) in [5.74, 6) is -2.31. The van der Waals surface area contributed by atoms with Crippen molar-refractivity contribution in [1.29, 1.82) is 0 Å². The average molecular weight is 209 g/mol. The summed E-state index contributed by atoms with van der Waals surface area (Å²) in [6, 6.07) is 0. The third kappa shape index (κ3) is 0.866. The Morgan fingerprint density at radius 2 is 2.47 bits per heavy atom. The van der Waals surface area contributed by atoms with Gasteiger partial charge in [-0.25, -0.2) is 0 Å². The number of carboxylic acid groups (broad SMARTS) is 1. The molecule has 3 aliphatic heterocycles. The highest BCUT2D eigenvalue weighted by atomic mass is 16.5. The SMILES string of the molecule is CN1C[C@]23C=C[C@@H](O2)[C@H](C(=O)O)[C@@H]3C1=O. The maximum atomic E-state index is 11.8. The number of ether oxygens (including phenoxy) is 1.